The molecule has 1 fully saturated rings. The normalized spacial score (nSPS) is 17.5. The molecule has 0 bridgehead atoms. The number of nitrogens with one attached hydrogen (secondary N) is 1. The SMILES string of the molecule is CCNC(=O)N1CCN(C(=O)CCC(C)N)CC1. The van der Waals surface area contributed by atoms with Gasteiger partial charge in [0.05, 0.1) is 0 Å². The zero-order chi connectivity index (χ0) is 13.5. The number of amides is 3. The molecule has 1 aliphatic rings. The minimum atomic E-state index is -0.0415. The van der Waals surface area contributed by atoms with E-state index in [1.54, 1.807) is 4.90 Å². The Morgan fingerprint density at radius 1 is 1.22 bits per heavy atom. The number of urea groups is 1. The van der Waals surface area contributed by atoms with Crippen LogP contribution < -0.4 is 11.1 Å². The molecule has 3 amide bonds. The monoisotopic (exact) mass is 256 g/mol. The van der Waals surface area contributed by atoms with Crippen molar-refractivity contribution in [3.05, 3.63) is 0 Å². The number of nitrogens with zero attached hydrogens (tertiary/aromatic N) is 2. The highest BCUT2D eigenvalue weighted by atomic mass is 16.2. The first-order valence-electron chi connectivity index (χ1n) is 6.60. The Hall–Kier alpha value is -1.30. The van der Waals surface area contributed by atoms with Gasteiger partial charge in [0.25, 0.3) is 0 Å². The van der Waals surface area contributed by atoms with Gasteiger partial charge in [-0.15, -0.1) is 0 Å². The summed E-state index contributed by atoms with van der Waals surface area (Å²) in [7, 11) is 0. The molecule has 1 unspecified atom stereocenters. The maximum atomic E-state index is 11.9. The van der Waals surface area contributed by atoms with Crippen LogP contribution in [0.15, 0.2) is 0 Å². The van der Waals surface area contributed by atoms with Crippen molar-refractivity contribution >= 4 is 11.9 Å². The highest BCUT2D eigenvalue weighted by Crippen LogP contribution is 2.06. The molecule has 18 heavy (non-hydrogen) atoms. The zero-order valence-electron chi connectivity index (χ0n) is 11.3. The van der Waals surface area contributed by atoms with Crippen molar-refractivity contribution in [3.63, 3.8) is 0 Å². The first-order valence-corrected chi connectivity index (χ1v) is 6.60. The van der Waals surface area contributed by atoms with Crippen LogP contribution in [0.25, 0.3) is 0 Å². The van der Waals surface area contributed by atoms with Gasteiger partial charge in [0.1, 0.15) is 0 Å². The van der Waals surface area contributed by atoms with Crippen LogP contribution in [0.1, 0.15) is 26.7 Å². The third kappa shape index (κ3) is 4.52. The topological polar surface area (TPSA) is 78.7 Å². The van der Waals surface area contributed by atoms with Crippen LogP contribution in [0.3, 0.4) is 0 Å². The first kappa shape index (κ1) is 14.8. The van der Waals surface area contributed by atoms with E-state index >= 15 is 0 Å². The van der Waals surface area contributed by atoms with E-state index in [-0.39, 0.29) is 18.0 Å². The molecular weight excluding hydrogens is 232 g/mol. The average molecular weight is 256 g/mol. The van der Waals surface area contributed by atoms with Gasteiger partial charge in [-0.3, -0.25) is 4.79 Å². The lowest BCUT2D eigenvalue weighted by Gasteiger charge is -2.34. The molecule has 6 heteroatoms. The average Bonchev–Trinajstić information content (AvgIpc) is 2.36. The molecule has 0 saturated carbocycles. The summed E-state index contributed by atoms with van der Waals surface area (Å²) in [5.41, 5.74) is 5.63. The van der Waals surface area contributed by atoms with E-state index in [1.807, 2.05) is 18.7 Å². The Balaban J connectivity index is 2.30. The summed E-state index contributed by atoms with van der Waals surface area (Å²) in [6.07, 6.45) is 1.22. The Kier molecular flexibility index (Phi) is 5.91. The lowest BCUT2D eigenvalue weighted by atomic mass is 10.1. The lowest BCUT2D eigenvalue weighted by molar-refractivity contribution is -0.132. The van der Waals surface area contributed by atoms with E-state index < -0.39 is 0 Å². The predicted octanol–water partition coefficient (Wildman–Crippen LogP) is -0.0125. The van der Waals surface area contributed by atoms with Crippen LogP contribution in [0.5, 0.6) is 0 Å². The van der Waals surface area contributed by atoms with Gasteiger partial charge in [-0.25, -0.2) is 4.79 Å². The quantitative estimate of drug-likeness (QED) is 0.742. The van der Waals surface area contributed by atoms with E-state index in [2.05, 4.69) is 5.32 Å². The van der Waals surface area contributed by atoms with Gasteiger partial charge in [-0.2, -0.15) is 0 Å². The zero-order valence-corrected chi connectivity index (χ0v) is 11.3. The molecule has 1 aliphatic heterocycles. The Morgan fingerprint density at radius 2 is 1.78 bits per heavy atom. The van der Waals surface area contributed by atoms with E-state index in [0.29, 0.717) is 39.1 Å². The van der Waals surface area contributed by atoms with Gasteiger partial charge in [0.2, 0.25) is 5.91 Å². The van der Waals surface area contributed by atoms with Crippen LogP contribution in [-0.2, 0) is 4.79 Å². The van der Waals surface area contributed by atoms with Gasteiger partial charge >= 0.3 is 6.03 Å². The van der Waals surface area contributed by atoms with Crippen molar-refractivity contribution in [1.29, 1.82) is 0 Å². The Morgan fingerprint density at radius 3 is 2.28 bits per heavy atom. The molecule has 0 aromatic heterocycles. The fourth-order valence-electron chi connectivity index (χ4n) is 1.93. The molecule has 1 heterocycles. The molecule has 1 rings (SSSR count). The third-order valence-corrected chi connectivity index (χ3v) is 3.06. The number of rotatable bonds is 4. The van der Waals surface area contributed by atoms with Crippen LogP contribution >= 0.6 is 0 Å². The molecule has 0 aliphatic carbocycles. The second kappa shape index (κ2) is 7.20. The minimum absolute atomic E-state index is 0.0415. The van der Waals surface area contributed by atoms with E-state index in [4.69, 9.17) is 5.73 Å². The van der Waals surface area contributed by atoms with Gasteiger partial charge in [0.15, 0.2) is 0 Å². The van der Waals surface area contributed by atoms with Crippen molar-refractivity contribution in [2.45, 2.75) is 32.7 Å². The first-order chi connectivity index (χ1) is 8.54. The summed E-state index contributed by atoms with van der Waals surface area (Å²) in [4.78, 5) is 27.0. The standard InChI is InChI=1S/C12H24N4O2/c1-3-14-12(18)16-8-6-15(7-9-16)11(17)5-4-10(2)13/h10H,3-9,13H2,1-2H3,(H,14,18). The number of hydrogen-bond donors (Lipinski definition) is 2. The Bertz CT molecular complexity index is 286. The second-order valence-electron chi connectivity index (χ2n) is 4.72. The number of hydrogen-bond acceptors (Lipinski definition) is 3. The van der Waals surface area contributed by atoms with Gasteiger partial charge in [-0.1, -0.05) is 0 Å². The second-order valence-corrected chi connectivity index (χ2v) is 4.72. The van der Waals surface area contributed by atoms with Gasteiger partial charge in [-0.05, 0) is 20.3 Å². The summed E-state index contributed by atoms with van der Waals surface area (Å²) >= 11 is 0. The van der Waals surface area contributed by atoms with E-state index in [0.717, 1.165) is 6.42 Å². The third-order valence-electron chi connectivity index (χ3n) is 3.06. The molecule has 104 valence electrons. The fourth-order valence-corrected chi connectivity index (χ4v) is 1.93. The van der Waals surface area contributed by atoms with Crippen LogP contribution in [0.2, 0.25) is 0 Å². The van der Waals surface area contributed by atoms with Crippen molar-refractivity contribution in [2.75, 3.05) is 32.7 Å². The smallest absolute Gasteiger partial charge is 0.317 e. The molecule has 3 N–H and O–H groups in total. The highest BCUT2D eigenvalue weighted by molar-refractivity contribution is 5.77. The summed E-state index contributed by atoms with van der Waals surface area (Å²) in [6, 6.07) is 0.0192. The largest absolute Gasteiger partial charge is 0.339 e. The van der Waals surface area contributed by atoms with E-state index in [9.17, 15) is 9.59 Å². The van der Waals surface area contributed by atoms with Crippen LogP contribution in [0, 0.1) is 0 Å². The molecule has 0 spiro atoms. The number of piperazine rings is 1. The van der Waals surface area contributed by atoms with Crippen molar-refractivity contribution in [3.8, 4) is 0 Å². The van der Waals surface area contributed by atoms with Crippen molar-refractivity contribution in [2.24, 2.45) is 5.73 Å². The van der Waals surface area contributed by atoms with Crippen LogP contribution in [0.4, 0.5) is 4.79 Å². The summed E-state index contributed by atoms with van der Waals surface area (Å²) < 4.78 is 0. The Labute approximate surface area is 108 Å². The number of carbonyl (C=O) groups is 2. The van der Waals surface area contributed by atoms with E-state index in [1.165, 1.54) is 0 Å². The van der Waals surface area contributed by atoms with Crippen molar-refractivity contribution < 1.29 is 9.59 Å². The maximum Gasteiger partial charge on any atom is 0.317 e. The summed E-state index contributed by atoms with van der Waals surface area (Å²) in [6.45, 7) is 6.88. The fraction of sp³-hybridized carbons (Fsp3) is 0.833. The van der Waals surface area contributed by atoms with Crippen molar-refractivity contribution in [1.82, 2.24) is 15.1 Å². The molecule has 6 nitrogen and oxygen atoms in total. The van der Waals surface area contributed by atoms with Gasteiger partial charge < -0.3 is 20.9 Å². The lowest BCUT2D eigenvalue weighted by Crippen LogP contribution is -2.53. The molecule has 1 atom stereocenters. The summed E-state index contributed by atoms with van der Waals surface area (Å²) in [5, 5.41) is 2.77. The minimum Gasteiger partial charge on any atom is -0.339 e. The predicted molar refractivity (Wildman–Crippen MR) is 70.1 cm³/mol. The number of nitrogens with two attached hydrogens (primary N) is 1. The molecule has 0 aromatic rings. The molecule has 0 radical (unpaired) electrons. The molecular formula is C12H24N4O2. The molecule has 1 saturated heterocycles. The van der Waals surface area contributed by atoms with Gasteiger partial charge in [0, 0.05) is 45.2 Å². The molecule has 0 aromatic carbocycles. The van der Waals surface area contributed by atoms with Crippen LogP contribution in [-0.4, -0.2) is 60.5 Å². The maximum absolute atomic E-state index is 11.9. The summed E-state index contributed by atoms with van der Waals surface area (Å²) in [5.74, 6) is 0.142. The highest BCUT2D eigenvalue weighted by Gasteiger charge is 2.23. The number of carbonyl (C=O) groups excluding carboxylic acids is 2.